The molecule has 1 aliphatic carbocycles. The van der Waals surface area contributed by atoms with Gasteiger partial charge in [0.15, 0.2) is 6.20 Å². The Labute approximate surface area is 122 Å². The van der Waals surface area contributed by atoms with Gasteiger partial charge in [0.1, 0.15) is 12.1 Å². The Bertz CT molecular complexity index is 330. The molecule has 3 radical (unpaired) electrons. The predicted molar refractivity (Wildman–Crippen MR) is 84.9 cm³/mol. The van der Waals surface area contributed by atoms with Crippen LogP contribution in [0.25, 0.3) is 0 Å². The van der Waals surface area contributed by atoms with Gasteiger partial charge in [0.25, 0.3) is 0 Å². The molecule has 0 spiro atoms. The molecule has 0 saturated carbocycles. The third kappa shape index (κ3) is 8.08. The summed E-state index contributed by atoms with van der Waals surface area (Å²) in [7, 11) is 8.01. The van der Waals surface area contributed by atoms with Crippen LogP contribution in [0.4, 0.5) is 0 Å². The van der Waals surface area contributed by atoms with Gasteiger partial charge in [0.2, 0.25) is 0 Å². The largest absolute Gasteiger partial charge is 0.311 e. The van der Waals surface area contributed by atoms with Crippen molar-refractivity contribution in [1.82, 2.24) is 5.32 Å². The number of quaternary nitrogens is 1. The third-order valence-corrected chi connectivity index (χ3v) is 3.55. The molecule has 0 amide bonds. The van der Waals surface area contributed by atoms with Gasteiger partial charge in [0, 0.05) is 47.5 Å². The van der Waals surface area contributed by atoms with Crippen LogP contribution in [0.5, 0.6) is 0 Å². The van der Waals surface area contributed by atoms with Gasteiger partial charge >= 0.3 is 0 Å². The molecule has 1 rings (SSSR count). The normalized spacial score (nSPS) is 16.9. The van der Waals surface area contributed by atoms with Gasteiger partial charge in [0.05, 0.1) is 14.1 Å². The summed E-state index contributed by atoms with van der Waals surface area (Å²) >= 11 is 0. The lowest BCUT2D eigenvalue weighted by Crippen LogP contribution is -2.40. The van der Waals surface area contributed by atoms with E-state index < -0.39 is 0 Å². The van der Waals surface area contributed by atoms with Gasteiger partial charge in [-0.3, -0.25) is 4.48 Å². The van der Waals surface area contributed by atoms with Crippen molar-refractivity contribution in [3.63, 3.8) is 0 Å². The van der Waals surface area contributed by atoms with E-state index >= 15 is 0 Å². The van der Waals surface area contributed by atoms with Crippen molar-refractivity contribution in [1.29, 1.82) is 0 Å². The maximum Gasteiger partial charge on any atom is 0.177 e. The standard InChI is InChI=1S/C16H27N2Si/c1-18(2,15-16-9-5-3-6-10-16)13-12-17-11-7-4-8-14-19/h3,5-6,9-10,15,17H,4,7-8,11-14H2,1-2H3/q+2. The molecule has 1 aliphatic rings. The van der Waals surface area contributed by atoms with E-state index in [0.29, 0.717) is 0 Å². The molecule has 0 heterocycles. The van der Waals surface area contributed by atoms with Crippen molar-refractivity contribution in [2.24, 2.45) is 0 Å². The Kier molecular flexibility index (Phi) is 7.87. The zero-order chi connectivity index (χ0) is 14.0. The van der Waals surface area contributed by atoms with E-state index in [9.17, 15) is 0 Å². The first-order chi connectivity index (χ1) is 9.14. The zero-order valence-corrected chi connectivity index (χ0v) is 13.4. The van der Waals surface area contributed by atoms with E-state index in [1.54, 1.807) is 0 Å². The average Bonchev–Trinajstić information content (AvgIpc) is 2.38. The fourth-order valence-corrected chi connectivity index (χ4v) is 2.30. The molecule has 0 aromatic rings. The molecule has 1 N–H and O–H groups in total. The molecule has 0 aromatic carbocycles. The summed E-state index contributed by atoms with van der Waals surface area (Å²) in [5.74, 6) is 0. The molecule has 0 saturated heterocycles. The number of hydrogen-bond acceptors (Lipinski definition) is 1. The van der Waals surface area contributed by atoms with Gasteiger partial charge < -0.3 is 5.32 Å². The monoisotopic (exact) mass is 275 g/mol. The highest BCUT2D eigenvalue weighted by Crippen LogP contribution is 2.12. The smallest absolute Gasteiger partial charge is 0.177 e. The van der Waals surface area contributed by atoms with Crippen LogP contribution in [0.2, 0.25) is 6.04 Å². The van der Waals surface area contributed by atoms with E-state index in [-0.39, 0.29) is 0 Å². The van der Waals surface area contributed by atoms with E-state index in [2.05, 4.69) is 66.6 Å². The Morgan fingerprint density at radius 2 is 2.05 bits per heavy atom. The minimum atomic E-state index is 0.915. The lowest BCUT2D eigenvalue weighted by Gasteiger charge is -2.23. The molecule has 0 bridgehead atoms. The van der Waals surface area contributed by atoms with Gasteiger partial charge in [-0.1, -0.05) is 18.9 Å². The number of allylic oxidation sites excluding steroid dienone is 5. The summed E-state index contributed by atoms with van der Waals surface area (Å²) in [6, 6.07) is 1.12. The Balaban J connectivity index is 2.16. The van der Waals surface area contributed by atoms with Crippen LogP contribution >= 0.6 is 0 Å². The molecule has 103 valence electrons. The fraction of sp³-hybridized carbons (Fsp3) is 0.562. The molecule has 0 atom stereocenters. The average molecular weight is 275 g/mol. The van der Waals surface area contributed by atoms with E-state index in [1.165, 1.54) is 24.8 Å². The molecule has 3 heteroatoms. The van der Waals surface area contributed by atoms with Gasteiger partial charge in [-0.2, -0.15) is 0 Å². The molecule has 19 heavy (non-hydrogen) atoms. The van der Waals surface area contributed by atoms with Crippen molar-refractivity contribution in [3.05, 3.63) is 42.5 Å². The second-order valence-electron chi connectivity index (χ2n) is 5.60. The highest BCUT2D eigenvalue weighted by molar-refractivity contribution is 6.08. The minimum absolute atomic E-state index is 0.915. The molecule has 0 fully saturated rings. The number of hydrogen-bond donors (Lipinski definition) is 1. The minimum Gasteiger partial charge on any atom is -0.311 e. The number of nitrogens with zero attached hydrogens (tertiary/aromatic N) is 1. The first kappa shape index (κ1) is 16.3. The zero-order valence-electron chi connectivity index (χ0n) is 12.4. The quantitative estimate of drug-likeness (QED) is 0.295. The summed E-state index contributed by atoms with van der Waals surface area (Å²) in [6.45, 7) is 3.33. The van der Waals surface area contributed by atoms with Crippen LogP contribution in [0.1, 0.15) is 19.3 Å². The van der Waals surface area contributed by atoms with Crippen LogP contribution in [0.15, 0.2) is 36.1 Å². The third-order valence-electron chi connectivity index (χ3n) is 3.19. The lowest BCUT2D eigenvalue weighted by atomic mass is 10.1. The van der Waals surface area contributed by atoms with E-state index in [0.717, 1.165) is 30.2 Å². The molecular weight excluding hydrogens is 248 g/mol. The summed E-state index contributed by atoms with van der Waals surface area (Å²) in [5, 5.41) is 3.53. The van der Waals surface area contributed by atoms with Crippen molar-refractivity contribution >= 4 is 10.2 Å². The number of likely N-dealkylation sites (N-methyl/N-ethyl adjacent to an activating group) is 1. The first-order valence-corrected chi connectivity index (χ1v) is 7.94. The molecule has 0 aromatic heterocycles. The second kappa shape index (κ2) is 9.18. The summed E-state index contributed by atoms with van der Waals surface area (Å²) in [6.07, 6.45) is 16.7. The lowest BCUT2D eigenvalue weighted by molar-refractivity contribution is -0.837. The summed E-state index contributed by atoms with van der Waals surface area (Å²) < 4.78 is 0.915. The van der Waals surface area contributed by atoms with Crippen molar-refractivity contribution in [2.75, 3.05) is 33.7 Å². The van der Waals surface area contributed by atoms with E-state index in [4.69, 9.17) is 0 Å². The van der Waals surface area contributed by atoms with Crippen LogP contribution < -0.4 is 5.32 Å². The summed E-state index contributed by atoms with van der Waals surface area (Å²) in [5.41, 5.74) is 1.30. The number of unbranched alkanes of at least 4 members (excludes halogenated alkanes) is 2. The van der Waals surface area contributed by atoms with Crippen LogP contribution in [-0.4, -0.2) is 48.5 Å². The Morgan fingerprint density at radius 1 is 1.21 bits per heavy atom. The maximum absolute atomic E-state index is 3.53. The molecule has 0 unspecified atom stereocenters. The van der Waals surface area contributed by atoms with Crippen molar-refractivity contribution in [3.8, 4) is 0 Å². The first-order valence-electron chi connectivity index (χ1n) is 7.23. The van der Waals surface area contributed by atoms with Gasteiger partial charge in [-0.25, -0.2) is 0 Å². The van der Waals surface area contributed by atoms with Gasteiger partial charge in [-0.05, 0) is 13.0 Å². The fourth-order valence-electron chi connectivity index (χ4n) is 2.05. The van der Waals surface area contributed by atoms with Crippen molar-refractivity contribution < 1.29 is 4.48 Å². The highest BCUT2D eigenvalue weighted by atomic mass is 28.1. The second-order valence-corrected chi connectivity index (χ2v) is 6.10. The van der Waals surface area contributed by atoms with E-state index in [1.807, 2.05) is 0 Å². The summed E-state index contributed by atoms with van der Waals surface area (Å²) in [4.78, 5) is 0. The van der Waals surface area contributed by atoms with Crippen molar-refractivity contribution in [2.45, 2.75) is 25.3 Å². The van der Waals surface area contributed by atoms with Crippen LogP contribution in [-0.2, 0) is 0 Å². The maximum atomic E-state index is 3.53. The molecule has 2 nitrogen and oxygen atoms in total. The Morgan fingerprint density at radius 3 is 2.74 bits per heavy atom. The Hall–Kier alpha value is -0.773. The number of nitrogens with one attached hydrogen (secondary N) is 1. The number of rotatable bonds is 9. The topological polar surface area (TPSA) is 12.0 Å². The highest BCUT2D eigenvalue weighted by Gasteiger charge is 2.17. The van der Waals surface area contributed by atoms with Crippen LogP contribution in [0, 0.1) is 6.42 Å². The van der Waals surface area contributed by atoms with Crippen LogP contribution in [0.3, 0.4) is 0 Å². The predicted octanol–water partition coefficient (Wildman–Crippen LogP) is 2.62. The van der Waals surface area contributed by atoms with Gasteiger partial charge in [-0.15, -0.1) is 0 Å². The SMILES string of the molecule is C[N+](C)(C=C1C=CC=C[CH+]1)CCNCCCCC[Si]. The molecular formula is C16H27N2Si+2. The molecule has 0 aliphatic heterocycles.